The summed E-state index contributed by atoms with van der Waals surface area (Å²) >= 11 is 3.07. The maximum Gasteiger partial charge on any atom is 0.289 e. The van der Waals surface area contributed by atoms with E-state index in [0.717, 1.165) is 9.36 Å². The number of halogens is 1. The maximum absolute atomic E-state index is 12.4. The number of carbonyl (C=O) groups is 1. The number of aromatic nitrogens is 3. The van der Waals surface area contributed by atoms with Crippen LogP contribution in [-0.2, 0) is 14.1 Å². The zero-order chi connectivity index (χ0) is 18.2. The molecular weight excluding hydrogens is 382 g/mol. The normalized spacial score (nSPS) is 10.5. The van der Waals surface area contributed by atoms with Crippen LogP contribution in [0.15, 0.2) is 31.3 Å². The Balaban J connectivity index is 2.61. The second-order valence-corrected chi connectivity index (χ2v) is 6.08. The highest BCUT2D eigenvalue weighted by molar-refractivity contribution is 9.10. The number of carbonyl (C=O) groups excluding carboxylic acids is 1. The molecule has 24 heavy (non-hydrogen) atoms. The molecule has 2 heterocycles. The third-order valence-electron chi connectivity index (χ3n) is 3.50. The summed E-state index contributed by atoms with van der Waals surface area (Å²) in [6.07, 6.45) is 2.60. The van der Waals surface area contributed by atoms with E-state index in [4.69, 9.17) is 0 Å². The summed E-state index contributed by atoms with van der Waals surface area (Å²) < 4.78 is 2.24. The molecule has 2 aromatic rings. The molecule has 0 unspecified atom stereocenters. The first kappa shape index (κ1) is 17.7. The van der Waals surface area contributed by atoms with Crippen LogP contribution in [0, 0.1) is 0 Å². The molecule has 10 heteroatoms. The summed E-state index contributed by atoms with van der Waals surface area (Å²) in [6, 6.07) is 0. The van der Waals surface area contributed by atoms with Crippen molar-refractivity contribution in [2.75, 3.05) is 19.4 Å². The Hall–Kier alpha value is -2.62. The van der Waals surface area contributed by atoms with Gasteiger partial charge < -0.3 is 15.2 Å². The summed E-state index contributed by atoms with van der Waals surface area (Å²) in [4.78, 5) is 52.8. The van der Waals surface area contributed by atoms with Crippen molar-refractivity contribution in [1.82, 2.24) is 19.2 Å². The molecule has 2 rings (SSSR count). The summed E-state index contributed by atoms with van der Waals surface area (Å²) in [7, 11) is 5.92. The quantitative estimate of drug-likeness (QED) is 0.756. The topological polar surface area (TPSA) is 109 Å². The van der Waals surface area contributed by atoms with Gasteiger partial charge in [0.25, 0.3) is 17.0 Å². The van der Waals surface area contributed by atoms with Crippen molar-refractivity contribution in [3.05, 3.63) is 53.4 Å². The molecule has 2 N–H and O–H groups in total. The largest absolute Gasteiger partial charge is 0.365 e. The Morgan fingerprint density at radius 3 is 2.29 bits per heavy atom. The number of H-pyrrole nitrogens is 1. The summed E-state index contributed by atoms with van der Waals surface area (Å²) in [5, 5.41) is 2.64. The minimum Gasteiger partial charge on any atom is -0.365 e. The molecule has 0 spiro atoms. The first-order chi connectivity index (χ1) is 11.2. The average molecular weight is 398 g/mol. The molecule has 0 saturated carbocycles. The Morgan fingerprint density at radius 2 is 1.71 bits per heavy atom. The standard InChI is InChI=1S/C14H16BrN5O4/c1-18(2)12(22)7-5-16-6-8(11(7)21)17-10-9(15)13(23)19(3)20(4)14(10)24/h5-6,17H,1-4H3,(H,16,21). The average Bonchev–Trinajstić information content (AvgIpc) is 2.55. The van der Waals surface area contributed by atoms with Gasteiger partial charge in [-0.25, -0.2) is 9.36 Å². The van der Waals surface area contributed by atoms with E-state index in [-0.39, 0.29) is 21.4 Å². The predicted molar refractivity (Wildman–Crippen MR) is 93.0 cm³/mol. The first-order valence-electron chi connectivity index (χ1n) is 6.82. The molecule has 1 amide bonds. The zero-order valence-corrected chi connectivity index (χ0v) is 15.1. The number of hydrogen-bond donors (Lipinski definition) is 2. The number of anilines is 2. The van der Waals surface area contributed by atoms with Gasteiger partial charge >= 0.3 is 0 Å². The monoisotopic (exact) mass is 397 g/mol. The van der Waals surface area contributed by atoms with E-state index in [2.05, 4.69) is 26.2 Å². The van der Waals surface area contributed by atoms with Crippen LogP contribution in [-0.4, -0.2) is 39.3 Å². The van der Waals surface area contributed by atoms with Crippen LogP contribution in [0.25, 0.3) is 0 Å². The number of aromatic amines is 1. The van der Waals surface area contributed by atoms with E-state index < -0.39 is 22.5 Å². The Labute approximate surface area is 144 Å². The van der Waals surface area contributed by atoms with Gasteiger partial charge in [0.15, 0.2) is 0 Å². The molecule has 0 saturated heterocycles. The van der Waals surface area contributed by atoms with Crippen LogP contribution in [0.5, 0.6) is 0 Å². The van der Waals surface area contributed by atoms with Crippen molar-refractivity contribution in [3.63, 3.8) is 0 Å². The fourth-order valence-electron chi connectivity index (χ4n) is 2.00. The van der Waals surface area contributed by atoms with Crippen molar-refractivity contribution >= 4 is 33.2 Å². The van der Waals surface area contributed by atoms with Crippen LogP contribution in [0.2, 0.25) is 0 Å². The number of pyridine rings is 1. The third-order valence-corrected chi connectivity index (χ3v) is 4.24. The van der Waals surface area contributed by atoms with Gasteiger partial charge in [0.1, 0.15) is 21.4 Å². The van der Waals surface area contributed by atoms with Gasteiger partial charge in [-0.2, -0.15) is 0 Å². The molecule has 128 valence electrons. The summed E-state index contributed by atoms with van der Waals surface area (Å²) in [5.41, 5.74) is -1.72. The smallest absolute Gasteiger partial charge is 0.289 e. The molecule has 0 aliphatic rings. The van der Waals surface area contributed by atoms with Crippen molar-refractivity contribution in [1.29, 1.82) is 0 Å². The molecular formula is C14H16BrN5O4. The lowest BCUT2D eigenvalue weighted by molar-refractivity contribution is 0.0826. The summed E-state index contributed by atoms with van der Waals surface area (Å²) in [5.74, 6) is -0.476. The van der Waals surface area contributed by atoms with Crippen molar-refractivity contribution in [3.8, 4) is 0 Å². The second kappa shape index (κ2) is 6.48. The predicted octanol–water partition coefficient (Wildman–Crippen LogP) is -0.0198. The SMILES string of the molecule is CN(C)C(=O)c1c[nH]cc(Nc2c(Br)c(=O)n(C)n(C)c2=O)c1=O. The molecule has 9 nitrogen and oxygen atoms in total. The highest BCUT2D eigenvalue weighted by Crippen LogP contribution is 2.16. The highest BCUT2D eigenvalue weighted by Gasteiger charge is 2.18. The lowest BCUT2D eigenvalue weighted by Crippen LogP contribution is -2.37. The molecule has 0 bridgehead atoms. The van der Waals surface area contributed by atoms with Gasteiger partial charge in [0, 0.05) is 40.6 Å². The van der Waals surface area contributed by atoms with Gasteiger partial charge in [0.05, 0.1) is 0 Å². The van der Waals surface area contributed by atoms with Gasteiger partial charge in [-0.3, -0.25) is 19.2 Å². The van der Waals surface area contributed by atoms with Gasteiger partial charge in [-0.05, 0) is 15.9 Å². The van der Waals surface area contributed by atoms with Gasteiger partial charge in [-0.15, -0.1) is 0 Å². The van der Waals surface area contributed by atoms with Gasteiger partial charge in [-0.1, -0.05) is 0 Å². The first-order valence-corrected chi connectivity index (χ1v) is 7.61. The number of nitrogens with one attached hydrogen (secondary N) is 2. The number of hydrogen-bond acceptors (Lipinski definition) is 5. The van der Waals surface area contributed by atoms with Crippen LogP contribution >= 0.6 is 15.9 Å². The minimum atomic E-state index is -0.581. The second-order valence-electron chi connectivity index (χ2n) is 5.28. The lowest BCUT2D eigenvalue weighted by atomic mass is 10.2. The van der Waals surface area contributed by atoms with E-state index >= 15 is 0 Å². The fraction of sp³-hybridized carbons (Fsp3) is 0.286. The van der Waals surface area contributed by atoms with Crippen molar-refractivity contribution in [2.45, 2.75) is 0 Å². The Kier molecular flexibility index (Phi) is 4.78. The Morgan fingerprint density at radius 1 is 1.12 bits per heavy atom. The maximum atomic E-state index is 12.4. The molecule has 0 atom stereocenters. The van der Waals surface area contributed by atoms with E-state index in [1.807, 2.05) is 0 Å². The van der Waals surface area contributed by atoms with E-state index in [1.54, 1.807) is 0 Å². The third kappa shape index (κ3) is 2.92. The van der Waals surface area contributed by atoms with E-state index in [1.165, 1.54) is 45.5 Å². The lowest BCUT2D eigenvalue weighted by Gasteiger charge is -2.13. The minimum absolute atomic E-state index is 0.00293. The van der Waals surface area contributed by atoms with Crippen molar-refractivity contribution < 1.29 is 4.79 Å². The molecule has 0 aliphatic heterocycles. The zero-order valence-electron chi connectivity index (χ0n) is 13.5. The van der Waals surface area contributed by atoms with Crippen LogP contribution in [0.3, 0.4) is 0 Å². The van der Waals surface area contributed by atoms with E-state index in [0.29, 0.717) is 0 Å². The number of amides is 1. The van der Waals surface area contributed by atoms with E-state index in [9.17, 15) is 19.2 Å². The Bertz CT molecular complexity index is 986. The molecule has 0 radical (unpaired) electrons. The molecule has 0 fully saturated rings. The molecule has 0 aliphatic carbocycles. The molecule has 0 aromatic carbocycles. The highest BCUT2D eigenvalue weighted by atomic mass is 79.9. The van der Waals surface area contributed by atoms with Gasteiger partial charge in [0.2, 0.25) is 5.43 Å². The number of rotatable bonds is 3. The summed E-state index contributed by atoms with van der Waals surface area (Å²) in [6.45, 7) is 0. The molecule has 2 aromatic heterocycles. The van der Waals surface area contributed by atoms with Crippen LogP contribution in [0.1, 0.15) is 10.4 Å². The fourth-order valence-corrected chi connectivity index (χ4v) is 2.52. The number of nitrogens with zero attached hydrogens (tertiary/aromatic N) is 3. The van der Waals surface area contributed by atoms with Crippen molar-refractivity contribution in [2.24, 2.45) is 14.1 Å². The van der Waals surface area contributed by atoms with Crippen LogP contribution in [0.4, 0.5) is 11.4 Å². The van der Waals surface area contributed by atoms with Crippen LogP contribution < -0.4 is 21.9 Å².